The Morgan fingerprint density at radius 1 is 1.16 bits per heavy atom. The zero-order valence-corrected chi connectivity index (χ0v) is 22.9. The number of fused-ring (bicyclic) bond motifs is 1. The maximum atomic E-state index is 14.5. The van der Waals surface area contributed by atoms with E-state index in [1.807, 2.05) is 38.1 Å². The van der Waals surface area contributed by atoms with Gasteiger partial charge in [-0.05, 0) is 63.8 Å². The summed E-state index contributed by atoms with van der Waals surface area (Å²) in [5.41, 5.74) is -0.537. The zero-order chi connectivity index (χ0) is 27.8. The standard InChI is InChI=1S/C29H41N3O6/c1-6-17-31(21-13-11-20(12-14-21)30(9-4)10-5)26(35)24-29-16-15-28(8-3,38-29)23(27(36)37)22(29)25(34)32(24)19(7-2)18-33/h6,11-14,19,22-24,33H,1,7-10,15-18H2,2-5H3,(H,36,37)/t19-,22-,23-,24?,28+,29?/m0/s1. The van der Waals surface area contributed by atoms with Gasteiger partial charge >= 0.3 is 5.97 Å². The van der Waals surface area contributed by atoms with Gasteiger partial charge in [0.25, 0.3) is 5.91 Å². The lowest BCUT2D eigenvalue weighted by atomic mass is 9.65. The van der Waals surface area contributed by atoms with Gasteiger partial charge in [-0.15, -0.1) is 6.58 Å². The molecule has 1 aromatic carbocycles. The minimum Gasteiger partial charge on any atom is -0.481 e. The number of aliphatic hydroxyl groups excluding tert-OH is 1. The number of likely N-dealkylation sites (tertiary alicyclic amines) is 1. The summed E-state index contributed by atoms with van der Waals surface area (Å²) >= 11 is 0. The molecule has 0 aliphatic carbocycles. The Morgan fingerprint density at radius 3 is 2.29 bits per heavy atom. The Balaban J connectivity index is 1.81. The molecule has 2 N–H and O–H groups in total. The molecule has 1 aromatic rings. The Morgan fingerprint density at radius 2 is 1.79 bits per heavy atom. The molecule has 3 heterocycles. The number of carboxylic acid groups (broad SMARTS) is 1. The molecule has 3 aliphatic rings. The summed E-state index contributed by atoms with van der Waals surface area (Å²) in [5.74, 6) is -3.85. The van der Waals surface area contributed by atoms with Crippen LogP contribution in [-0.4, -0.2) is 82.4 Å². The van der Waals surface area contributed by atoms with Crippen LogP contribution < -0.4 is 9.80 Å². The molecule has 0 saturated carbocycles. The maximum Gasteiger partial charge on any atom is 0.310 e. The van der Waals surface area contributed by atoms with E-state index in [0.29, 0.717) is 31.4 Å². The summed E-state index contributed by atoms with van der Waals surface area (Å²) in [6.07, 6.45) is 3.38. The van der Waals surface area contributed by atoms with Crippen LogP contribution in [-0.2, 0) is 19.1 Å². The Labute approximate surface area is 225 Å². The highest BCUT2D eigenvalue weighted by molar-refractivity contribution is 6.05. The predicted molar refractivity (Wildman–Crippen MR) is 145 cm³/mol. The van der Waals surface area contributed by atoms with Crippen LogP contribution in [0.4, 0.5) is 11.4 Å². The first-order valence-corrected chi connectivity index (χ1v) is 13.8. The molecule has 6 atom stereocenters. The number of anilines is 2. The third-order valence-corrected chi connectivity index (χ3v) is 9.06. The lowest BCUT2D eigenvalue weighted by Crippen LogP contribution is -2.59. The van der Waals surface area contributed by atoms with Crippen LogP contribution in [0.2, 0.25) is 0 Å². The fourth-order valence-corrected chi connectivity index (χ4v) is 7.15. The number of nitrogens with zero attached hydrogens (tertiary/aromatic N) is 3. The average Bonchev–Trinajstić information content (AvgIpc) is 3.53. The highest BCUT2D eigenvalue weighted by Crippen LogP contribution is 2.64. The highest BCUT2D eigenvalue weighted by atomic mass is 16.5. The smallest absolute Gasteiger partial charge is 0.310 e. The molecule has 4 rings (SSSR count). The van der Waals surface area contributed by atoms with E-state index in [0.717, 1.165) is 18.8 Å². The molecular weight excluding hydrogens is 486 g/mol. The number of aliphatic carboxylic acids is 1. The van der Waals surface area contributed by atoms with Crippen LogP contribution in [0.3, 0.4) is 0 Å². The van der Waals surface area contributed by atoms with Crippen molar-refractivity contribution in [2.24, 2.45) is 11.8 Å². The number of hydrogen-bond donors (Lipinski definition) is 2. The normalized spacial score (nSPS) is 30.3. The molecule has 0 aromatic heterocycles. The Bertz CT molecular complexity index is 1070. The molecule has 1 spiro atoms. The van der Waals surface area contributed by atoms with Gasteiger partial charge in [-0.1, -0.05) is 19.9 Å². The highest BCUT2D eigenvalue weighted by Gasteiger charge is 2.79. The number of amides is 2. The van der Waals surface area contributed by atoms with E-state index >= 15 is 0 Å². The summed E-state index contributed by atoms with van der Waals surface area (Å²) < 4.78 is 6.61. The van der Waals surface area contributed by atoms with Crippen LogP contribution in [0.5, 0.6) is 0 Å². The largest absolute Gasteiger partial charge is 0.481 e. The molecule has 38 heavy (non-hydrogen) atoms. The summed E-state index contributed by atoms with van der Waals surface area (Å²) in [5, 5.41) is 20.4. The van der Waals surface area contributed by atoms with Crippen molar-refractivity contribution in [1.82, 2.24) is 4.90 Å². The van der Waals surface area contributed by atoms with E-state index < -0.39 is 47.0 Å². The number of aliphatic hydroxyl groups is 1. The van der Waals surface area contributed by atoms with Crippen LogP contribution in [0.1, 0.15) is 53.4 Å². The zero-order valence-electron chi connectivity index (χ0n) is 22.9. The summed E-state index contributed by atoms with van der Waals surface area (Å²) in [6, 6.07) is 6.04. The van der Waals surface area contributed by atoms with Crippen molar-refractivity contribution in [3.8, 4) is 0 Å². The first kappa shape index (κ1) is 28.1. The Kier molecular flexibility index (Phi) is 7.91. The molecular formula is C29H41N3O6. The molecule has 208 valence electrons. The quantitative estimate of drug-likeness (QED) is 0.402. The van der Waals surface area contributed by atoms with Gasteiger partial charge in [0.1, 0.15) is 17.6 Å². The fraction of sp³-hybridized carbons (Fsp3) is 0.621. The van der Waals surface area contributed by atoms with E-state index in [2.05, 4.69) is 25.3 Å². The average molecular weight is 528 g/mol. The van der Waals surface area contributed by atoms with E-state index in [1.54, 1.807) is 11.0 Å². The fourth-order valence-electron chi connectivity index (χ4n) is 7.15. The van der Waals surface area contributed by atoms with Crippen LogP contribution in [0.25, 0.3) is 0 Å². The number of ether oxygens (including phenoxy) is 1. The third-order valence-electron chi connectivity index (χ3n) is 9.06. The third kappa shape index (κ3) is 4.02. The summed E-state index contributed by atoms with van der Waals surface area (Å²) in [7, 11) is 0. The molecule has 3 aliphatic heterocycles. The topological polar surface area (TPSA) is 111 Å². The lowest BCUT2D eigenvalue weighted by Gasteiger charge is -2.39. The summed E-state index contributed by atoms with van der Waals surface area (Å²) in [4.78, 5) is 46.3. The number of rotatable bonds is 12. The first-order chi connectivity index (χ1) is 18.2. The minimum atomic E-state index is -1.25. The monoisotopic (exact) mass is 527 g/mol. The van der Waals surface area contributed by atoms with Crippen molar-refractivity contribution in [3.05, 3.63) is 36.9 Å². The lowest BCUT2D eigenvalue weighted by molar-refractivity contribution is -0.157. The Hall–Kier alpha value is -2.91. The number of carbonyl (C=O) groups is 3. The molecule has 0 radical (unpaired) electrons. The van der Waals surface area contributed by atoms with Gasteiger partial charge in [0.05, 0.1) is 24.2 Å². The molecule has 3 saturated heterocycles. The van der Waals surface area contributed by atoms with Crippen molar-refractivity contribution in [1.29, 1.82) is 0 Å². The minimum absolute atomic E-state index is 0.208. The molecule has 2 unspecified atom stereocenters. The summed E-state index contributed by atoms with van der Waals surface area (Å²) in [6.45, 7) is 13.3. The number of carbonyl (C=O) groups excluding carboxylic acids is 2. The van der Waals surface area contributed by atoms with Gasteiger partial charge < -0.3 is 29.6 Å². The van der Waals surface area contributed by atoms with Gasteiger partial charge in [-0.3, -0.25) is 14.4 Å². The van der Waals surface area contributed by atoms with Crippen LogP contribution in [0, 0.1) is 11.8 Å². The first-order valence-electron chi connectivity index (χ1n) is 13.8. The van der Waals surface area contributed by atoms with Crippen molar-refractivity contribution in [3.63, 3.8) is 0 Å². The van der Waals surface area contributed by atoms with Crippen molar-refractivity contribution in [2.75, 3.05) is 36.0 Å². The SMILES string of the molecule is C=CCN(C(=O)C1N([C@@H](CC)CO)C(=O)[C@@H]2[C@@H](C(=O)O)[C@@]3(CC)CCC12O3)c1ccc(N(CC)CC)cc1. The van der Waals surface area contributed by atoms with Crippen molar-refractivity contribution >= 4 is 29.2 Å². The van der Waals surface area contributed by atoms with E-state index in [-0.39, 0.29) is 19.1 Å². The van der Waals surface area contributed by atoms with Gasteiger partial charge in [-0.25, -0.2) is 0 Å². The second-order valence-corrected chi connectivity index (χ2v) is 10.6. The number of carboxylic acids is 1. The van der Waals surface area contributed by atoms with Crippen LogP contribution >= 0.6 is 0 Å². The number of hydrogen-bond acceptors (Lipinski definition) is 6. The van der Waals surface area contributed by atoms with Gasteiger partial charge in [0.15, 0.2) is 0 Å². The van der Waals surface area contributed by atoms with Gasteiger partial charge in [0, 0.05) is 31.0 Å². The molecule has 2 bridgehead atoms. The second-order valence-electron chi connectivity index (χ2n) is 10.6. The molecule has 3 fully saturated rings. The molecule has 9 nitrogen and oxygen atoms in total. The van der Waals surface area contributed by atoms with Crippen molar-refractivity contribution in [2.45, 2.75) is 76.7 Å². The number of benzene rings is 1. The second kappa shape index (κ2) is 10.7. The van der Waals surface area contributed by atoms with Crippen molar-refractivity contribution < 1.29 is 29.3 Å². The van der Waals surface area contributed by atoms with E-state index in [1.165, 1.54) is 4.90 Å². The van der Waals surface area contributed by atoms with Gasteiger partial charge in [-0.2, -0.15) is 0 Å². The van der Waals surface area contributed by atoms with Crippen LogP contribution in [0.15, 0.2) is 36.9 Å². The molecule has 2 amide bonds. The van der Waals surface area contributed by atoms with E-state index in [4.69, 9.17) is 4.74 Å². The van der Waals surface area contributed by atoms with E-state index in [9.17, 15) is 24.6 Å². The van der Waals surface area contributed by atoms with Gasteiger partial charge in [0.2, 0.25) is 5.91 Å². The maximum absolute atomic E-state index is 14.5. The molecule has 9 heteroatoms. The predicted octanol–water partition coefficient (Wildman–Crippen LogP) is 3.06.